The quantitative estimate of drug-likeness (QED) is 0.344. The number of nitrogen functional groups attached to an aromatic ring is 1. The van der Waals surface area contributed by atoms with Crippen molar-refractivity contribution < 1.29 is 23.4 Å². The molecule has 2 aromatic carbocycles. The van der Waals surface area contributed by atoms with Crippen LogP contribution < -0.4 is 10.5 Å². The molecule has 166 valence electrons. The largest absolute Gasteiger partial charge is 0.387 e. The third-order valence-electron chi connectivity index (χ3n) is 5.66. The maximum atomic E-state index is 12.8. The monoisotopic (exact) mass is 455 g/mol. The molecule has 11 heteroatoms. The van der Waals surface area contributed by atoms with Crippen LogP contribution in [-0.4, -0.2) is 58.0 Å². The number of aliphatic hydroxyl groups is 2. The summed E-state index contributed by atoms with van der Waals surface area (Å²) in [4.78, 5) is 8.19. The maximum absolute atomic E-state index is 12.8. The van der Waals surface area contributed by atoms with E-state index >= 15 is 0 Å². The lowest BCUT2D eigenvalue weighted by Crippen LogP contribution is -2.39. The van der Waals surface area contributed by atoms with Gasteiger partial charge in [-0.2, -0.15) is 0 Å². The Morgan fingerprint density at radius 3 is 2.66 bits per heavy atom. The van der Waals surface area contributed by atoms with E-state index in [1.54, 1.807) is 29.0 Å². The van der Waals surface area contributed by atoms with Crippen LogP contribution in [0, 0.1) is 0 Å². The number of hydrogen-bond acceptors (Lipinski definition) is 8. The third kappa shape index (κ3) is 3.49. The first kappa shape index (κ1) is 20.8. The second-order valence-electron chi connectivity index (χ2n) is 7.63. The van der Waals surface area contributed by atoms with Gasteiger partial charge in [0.25, 0.3) is 0 Å². The minimum absolute atomic E-state index is 0.101. The van der Waals surface area contributed by atoms with E-state index in [9.17, 15) is 18.6 Å². The SMILES string of the molecule is Nc1ncnc2c1ccn2[C@@H]1O[C@H](CNS(=O)(=O)c2ccc3ccccc3c2)[C@@H](O)[C@H]1O. The van der Waals surface area contributed by atoms with E-state index in [-0.39, 0.29) is 17.3 Å². The van der Waals surface area contributed by atoms with Gasteiger partial charge >= 0.3 is 0 Å². The zero-order valence-corrected chi connectivity index (χ0v) is 17.6. The van der Waals surface area contributed by atoms with Crippen molar-refractivity contribution in [1.29, 1.82) is 0 Å². The minimum atomic E-state index is -3.86. The van der Waals surface area contributed by atoms with Crippen LogP contribution in [0.1, 0.15) is 6.23 Å². The maximum Gasteiger partial charge on any atom is 0.240 e. The molecular formula is C21H21N5O5S. The Morgan fingerprint density at radius 2 is 1.84 bits per heavy atom. The number of aromatic nitrogens is 3. The lowest BCUT2D eigenvalue weighted by atomic mass is 10.1. The number of ether oxygens (including phenoxy) is 1. The van der Waals surface area contributed by atoms with Crippen molar-refractivity contribution in [2.24, 2.45) is 0 Å². The summed E-state index contributed by atoms with van der Waals surface area (Å²) in [7, 11) is -3.86. The highest BCUT2D eigenvalue weighted by atomic mass is 32.2. The van der Waals surface area contributed by atoms with Crippen LogP contribution in [0.5, 0.6) is 0 Å². The van der Waals surface area contributed by atoms with Gasteiger partial charge in [-0.05, 0) is 29.0 Å². The molecule has 3 heterocycles. The fourth-order valence-corrected chi connectivity index (χ4v) is 5.01. The van der Waals surface area contributed by atoms with Gasteiger partial charge < -0.3 is 25.3 Å². The topological polar surface area (TPSA) is 153 Å². The zero-order chi connectivity index (χ0) is 22.5. The van der Waals surface area contributed by atoms with E-state index < -0.39 is 34.6 Å². The summed E-state index contributed by atoms with van der Waals surface area (Å²) < 4.78 is 35.4. The summed E-state index contributed by atoms with van der Waals surface area (Å²) in [5.74, 6) is 0.279. The third-order valence-corrected chi connectivity index (χ3v) is 7.08. The van der Waals surface area contributed by atoms with Gasteiger partial charge in [0.15, 0.2) is 6.23 Å². The number of nitrogens with one attached hydrogen (secondary N) is 1. The molecule has 0 amide bonds. The molecule has 32 heavy (non-hydrogen) atoms. The van der Waals surface area contributed by atoms with Crippen molar-refractivity contribution in [2.45, 2.75) is 29.4 Å². The molecular weight excluding hydrogens is 434 g/mol. The normalized spacial score (nSPS) is 23.8. The number of nitrogens with zero attached hydrogens (tertiary/aromatic N) is 3. The highest BCUT2D eigenvalue weighted by Crippen LogP contribution is 2.32. The molecule has 1 aliphatic rings. The van der Waals surface area contributed by atoms with Gasteiger partial charge in [-0.1, -0.05) is 30.3 Å². The van der Waals surface area contributed by atoms with Gasteiger partial charge in [0.05, 0.1) is 10.3 Å². The number of hydrogen-bond donors (Lipinski definition) is 4. The van der Waals surface area contributed by atoms with Crippen LogP contribution in [0.4, 0.5) is 5.82 Å². The van der Waals surface area contributed by atoms with E-state index in [0.717, 1.165) is 10.8 Å². The van der Waals surface area contributed by atoms with E-state index in [1.165, 1.54) is 12.4 Å². The van der Waals surface area contributed by atoms with Crippen LogP contribution >= 0.6 is 0 Å². The number of nitrogens with two attached hydrogens (primary N) is 1. The Bertz CT molecular complexity index is 1410. The highest BCUT2D eigenvalue weighted by molar-refractivity contribution is 7.89. The molecule has 0 unspecified atom stereocenters. The first-order chi connectivity index (χ1) is 15.3. The minimum Gasteiger partial charge on any atom is -0.387 e. The molecule has 1 aliphatic heterocycles. The molecule has 0 radical (unpaired) electrons. The van der Waals surface area contributed by atoms with Crippen molar-refractivity contribution in [3.05, 3.63) is 61.1 Å². The van der Waals surface area contributed by atoms with Gasteiger partial charge in [0.1, 0.15) is 36.1 Å². The van der Waals surface area contributed by atoms with Gasteiger partial charge in [-0.25, -0.2) is 23.1 Å². The smallest absolute Gasteiger partial charge is 0.240 e. The molecule has 4 atom stereocenters. The van der Waals surface area contributed by atoms with E-state index in [2.05, 4.69) is 14.7 Å². The summed E-state index contributed by atoms with van der Waals surface area (Å²) >= 11 is 0. The average Bonchev–Trinajstić information content (AvgIpc) is 3.34. The first-order valence-electron chi connectivity index (χ1n) is 9.92. The number of sulfonamides is 1. The van der Waals surface area contributed by atoms with E-state index in [4.69, 9.17) is 10.5 Å². The Balaban J connectivity index is 1.34. The van der Waals surface area contributed by atoms with Crippen molar-refractivity contribution in [3.63, 3.8) is 0 Å². The van der Waals surface area contributed by atoms with E-state index in [1.807, 2.05) is 24.3 Å². The van der Waals surface area contributed by atoms with Crippen molar-refractivity contribution in [3.8, 4) is 0 Å². The Morgan fingerprint density at radius 1 is 1.06 bits per heavy atom. The van der Waals surface area contributed by atoms with Crippen molar-refractivity contribution in [1.82, 2.24) is 19.3 Å². The lowest BCUT2D eigenvalue weighted by molar-refractivity contribution is -0.0326. The molecule has 5 rings (SSSR count). The summed E-state index contributed by atoms with van der Waals surface area (Å²) in [6, 6.07) is 14.0. The molecule has 5 N–H and O–H groups in total. The van der Waals surface area contributed by atoms with Crippen LogP contribution in [0.3, 0.4) is 0 Å². The summed E-state index contributed by atoms with van der Waals surface area (Å²) in [5.41, 5.74) is 6.29. The van der Waals surface area contributed by atoms with Crippen LogP contribution in [0.2, 0.25) is 0 Å². The molecule has 0 aliphatic carbocycles. The Kier molecular flexibility index (Phi) is 5.07. The molecule has 10 nitrogen and oxygen atoms in total. The average molecular weight is 455 g/mol. The number of benzene rings is 2. The number of rotatable bonds is 5. The molecule has 0 saturated carbocycles. The summed E-state index contributed by atoms with van der Waals surface area (Å²) in [6.07, 6.45) is -1.62. The molecule has 1 saturated heterocycles. The molecule has 0 spiro atoms. The standard InChI is InChI=1S/C21H21N5O5S/c22-19-15-7-8-26(20(15)24-11-23-19)21-18(28)17(27)16(31-21)10-25-32(29,30)14-6-5-12-3-1-2-4-13(12)9-14/h1-9,11,16-18,21,25,27-28H,10H2,(H2,22,23,24)/t16-,17-,18-,21-/m1/s1. The fourth-order valence-electron chi connectivity index (χ4n) is 3.93. The lowest BCUT2D eigenvalue weighted by Gasteiger charge is -2.17. The van der Waals surface area contributed by atoms with Gasteiger partial charge in [-0.15, -0.1) is 0 Å². The molecule has 0 bridgehead atoms. The number of anilines is 1. The number of aliphatic hydroxyl groups excluding tert-OH is 2. The predicted molar refractivity (Wildman–Crippen MR) is 117 cm³/mol. The van der Waals surface area contributed by atoms with Crippen LogP contribution in [-0.2, 0) is 14.8 Å². The predicted octanol–water partition coefficient (Wildman–Crippen LogP) is 0.764. The van der Waals surface area contributed by atoms with Crippen LogP contribution in [0.15, 0.2) is 66.0 Å². The summed E-state index contributed by atoms with van der Waals surface area (Å²) in [5, 5.41) is 23.3. The highest BCUT2D eigenvalue weighted by Gasteiger charge is 2.44. The summed E-state index contributed by atoms with van der Waals surface area (Å²) in [6.45, 7) is -0.222. The number of fused-ring (bicyclic) bond motifs is 2. The Labute approximate surface area is 183 Å². The molecule has 2 aromatic heterocycles. The first-order valence-corrected chi connectivity index (χ1v) is 11.4. The van der Waals surface area contributed by atoms with Crippen LogP contribution in [0.25, 0.3) is 21.8 Å². The van der Waals surface area contributed by atoms with Gasteiger partial charge in [-0.3, -0.25) is 0 Å². The van der Waals surface area contributed by atoms with Crippen molar-refractivity contribution >= 4 is 37.6 Å². The fraction of sp³-hybridized carbons (Fsp3) is 0.238. The molecule has 1 fully saturated rings. The van der Waals surface area contributed by atoms with Crippen molar-refractivity contribution in [2.75, 3.05) is 12.3 Å². The van der Waals surface area contributed by atoms with E-state index in [0.29, 0.717) is 11.0 Å². The molecule has 4 aromatic rings. The zero-order valence-electron chi connectivity index (χ0n) is 16.7. The van der Waals surface area contributed by atoms with Gasteiger partial charge in [0.2, 0.25) is 10.0 Å². The second-order valence-corrected chi connectivity index (χ2v) is 9.39. The Hall–Kier alpha value is -3.09. The van der Waals surface area contributed by atoms with Gasteiger partial charge in [0, 0.05) is 12.7 Å². The second kappa shape index (κ2) is 7.80.